The predicted octanol–water partition coefficient (Wildman–Crippen LogP) is 9.79. The number of aromatic nitrogens is 1. The summed E-state index contributed by atoms with van der Waals surface area (Å²) in [6.45, 7) is 0. The quantitative estimate of drug-likeness (QED) is 0.195. The fraction of sp³-hybridized carbons (Fsp3) is 0.0476. The van der Waals surface area contributed by atoms with E-state index in [-0.39, 0.29) is 0 Å². The van der Waals surface area contributed by atoms with Gasteiger partial charge < -0.3 is 9.47 Å². The molecule has 1 aliphatic rings. The standard InChI is InChI=1S/C42H32N2/c1-4-14-31(15-5-1)32-16-12-22-37(28-32)43(35-18-6-2-7-19-35)38-23-13-17-33(29-38)34-26-27-40-39-24-10-11-25-41(39)44(42(40)30-34)36-20-8-3-9-21-36/h1-9,12-30H,10-11H2. The van der Waals surface area contributed by atoms with Gasteiger partial charge in [-0.3, -0.25) is 0 Å². The van der Waals surface area contributed by atoms with Crippen molar-refractivity contribution in [1.29, 1.82) is 0 Å². The van der Waals surface area contributed by atoms with Gasteiger partial charge in [0.1, 0.15) is 0 Å². The molecule has 8 rings (SSSR count). The van der Waals surface area contributed by atoms with E-state index in [1.807, 2.05) is 0 Å². The molecular weight excluding hydrogens is 532 g/mol. The average molecular weight is 565 g/mol. The first-order valence-electron chi connectivity index (χ1n) is 15.3. The summed E-state index contributed by atoms with van der Waals surface area (Å²) in [5.74, 6) is 0. The maximum Gasteiger partial charge on any atom is 0.0546 e. The van der Waals surface area contributed by atoms with Crippen molar-refractivity contribution in [2.24, 2.45) is 0 Å². The lowest BCUT2D eigenvalue weighted by Gasteiger charge is -2.26. The highest BCUT2D eigenvalue weighted by Crippen LogP contribution is 2.38. The lowest BCUT2D eigenvalue weighted by molar-refractivity contribution is 1.02. The Morgan fingerprint density at radius 1 is 0.432 bits per heavy atom. The zero-order chi connectivity index (χ0) is 29.3. The predicted molar refractivity (Wildman–Crippen MR) is 186 cm³/mol. The molecule has 0 N–H and O–H groups in total. The van der Waals surface area contributed by atoms with Gasteiger partial charge in [0.15, 0.2) is 0 Å². The lowest BCUT2D eigenvalue weighted by Crippen LogP contribution is -2.30. The second kappa shape index (κ2) is 11.2. The van der Waals surface area contributed by atoms with E-state index in [9.17, 15) is 0 Å². The van der Waals surface area contributed by atoms with Gasteiger partial charge in [-0.05, 0) is 89.7 Å². The van der Waals surface area contributed by atoms with Gasteiger partial charge in [-0.25, -0.2) is 0 Å². The first kappa shape index (κ1) is 26.1. The third-order valence-corrected chi connectivity index (χ3v) is 8.58. The molecule has 0 amide bonds. The van der Waals surface area contributed by atoms with Gasteiger partial charge in [0.2, 0.25) is 0 Å². The van der Waals surface area contributed by atoms with Crippen LogP contribution in [-0.2, 0) is 0 Å². The van der Waals surface area contributed by atoms with E-state index in [0.717, 1.165) is 29.9 Å². The summed E-state index contributed by atoms with van der Waals surface area (Å²) in [4.78, 5) is 2.35. The monoisotopic (exact) mass is 564 g/mol. The van der Waals surface area contributed by atoms with Gasteiger partial charge in [-0.1, -0.05) is 115 Å². The highest BCUT2D eigenvalue weighted by Gasteiger charge is 2.16. The van der Waals surface area contributed by atoms with Crippen molar-refractivity contribution in [1.82, 2.24) is 4.57 Å². The summed E-state index contributed by atoms with van der Waals surface area (Å²) < 4.78 is 2.43. The molecule has 2 heteroatoms. The molecule has 1 aromatic heterocycles. The summed E-state index contributed by atoms with van der Waals surface area (Å²) in [7, 11) is 0. The fourth-order valence-corrected chi connectivity index (χ4v) is 6.53. The van der Waals surface area contributed by atoms with Gasteiger partial charge in [-0.2, -0.15) is 0 Å². The van der Waals surface area contributed by atoms with Crippen molar-refractivity contribution in [2.75, 3.05) is 4.90 Å². The van der Waals surface area contributed by atoms with Crippen LogP contribution in [0.2, 0.25) is 0 Å². The number of fused-ring (bicyclic) bond motifs is 3. The van der Waals surface area contributed by atoms with E-state index in [2.05, 4.69) is 179 Å². The van der Waals surface area contributed by atoms with Gasteiger partial charge >= 0.3 is 0 Å². The zero-order valence-electron chi connectivity index (χ0n) is 24.5. The Hall–Kier alpha value is -5.60. The van der Waals surface area contributed by atoms with Crippen LogP contribution in [0.5, 0.6) is 0 Å². The number of hydrogen-bond acceptors (Lipinski definition) is 1. The zero-order valence-corrected chi connectivity index (χ0v) is 24.5. The maximum absolute atomic E-state index is 2.43. The number of benzene rings is 6. The highest BCUT2D eigenvalue weighted by molar-refractivity contribution is 5.90. The van der Waals surface area contributed by atoms with E-state index < -0.39 is 0 Å². The van der Waals surface area contributed by atoms with Crippen molar-refractivity contribution < 1.29 is 0 Å². The molecule has 6 aromatic carbocycles. The second-order valence-corrected chi connectivity index (χ2v) is 11.3. The Labute approximate surface area is 258 Å². The number of para-hydroxylation sites is 2. The van der Waals surface area contributed by atoms with Crippen molar-refractivity contribution in [3.05, 3.63) is 168 Å². The molecule has 0 unspecified atom stereocenters. The van der Waals surface area contributed by atoms with Crippen LogP contribution in [0.4, 0.5) is 17.1 Å². The Kier molecular flexibility index (Phi) is 6.66. The molecule has 0 bridgehead atoms. The van der Waals surface area contributed by atoms with E-state index in [4.69, 9.17) is 0 Å². The number of hydrogen-bond donors (Lipinski definition) is 0. The van der Waals surface area contributed by atoms with Crippen molar-refractivity contribution in [3.8, 4) is 27.9 Å². The number of nitrogens with zero attached hydrogens (tertiary/aromatic N) is 2. The Morgan fingerprint density at radius 2 is 0.977 bits per heavy atom. The fourth-order valence-electron chi connectivity index (χ4n) is 6.53. The van der Waals surface area contributed by atoms with E-state index >= 15 is 0 Å². The van der Waals surface area contributed by atoms with E-state index in [1.54, 1.807) is 0 Å². The lowest BCUT2D eigenvalue weighted by atomic mass is 10.0. The number of rotatable bonds is 6. The van der Waals surface area contributed by atoms with Gasteiger partial charge in [0, 0.05) is 38.7 Å². The van der Waals surface area contributed by atoms with Crippen molar-refractivity contribution in [3.63, 3.8) is 0 Å². The molecule has 0 radical (unpaired) electrons. The van der Waals surface area contributed by atoms with Crippen LogP contribution in [0.15, 0.2) is 158 Å². The summed E-state index contributed by atoms with van der Waals surface area (Å²) >= 11 is 0. The SMILES string of the molecule is C1=c2c(n(-c3ccccc3)c3cc(-c4cccc(N(c5ccccc5)c5cccc(-c6ccccc6)c5)c4)ccc23)=CCC1. The van der Waals surface area contributed by atoms with Crippen LogP contribution < -0.4 is 15.5 Å². The molecule has 44 heavy (non-hydrogen) atoms. The largest absolute Gasteiger partial charge is 0.310 e. The van der Waals surface area contributed by atoms with Gasteiger partial charge in [0.25, 0.3) is 0 Å². The minimum atomic E-state index is 1.08. The molecule has 210 valence electrons. The first-order chi connectivity index (χ1) is 21.8. The third kappa shape index (κ3) is 4.71. The Bertz CT molecular complexity index is 2210. The smallest absolute Gasteiger partial charge is 0.0546 e. The Balaban J connectivity index is 1.27. The summed E-state index contributed by atoms with van der Waals surface area (Å²) in [5, 5.41) is 3.96. The van der Waals surface area contributed by atoms with Crippen LogP contribution in [0.3, 0.4) is 0 Å². The van der Waals surface area contributed by atoms with Crippen LogP contribution in [0.1, 0.15) is 12.8 Å². The van der Waals surface area contributed by atoms with Crippen LogP contribution in [0, 0.1) is 0 Å². The molecule has 1 heterocycles. The molecule has 0 atom stereocenters. The molecule has 2 nitrogen and oxygen atoms in total. The second-order valence-electron chi connectivity index (χ2n) is 11.3. The maximum atomic E-state index is 2.43. The van der Waals surface area contributed by atoms with Crippen LogP contribution in [-0.4, -0.2) is 4.57 Å². The van der Waals surface area contributed by atoms with Crippen molar-refractivity contribution >= 4 is 40.1 Å². The number of anilines is 3. The van der Waals surface area contributed by atoms with Gasteiger partial charge in [-0.15, -0.1) is 0 Å². The summed E-state index contributed by atoms with van der Waals surface area (Å²) in [5.41, 5.74) is 10.6. The molecule has 0 fully saturated rings. The normalized spacial score (nSPS) is 12.3. The third-order valence-electron chi connectivity index (χ3n) is 8.58. The summed E-state index contributed by atoms with van der Waals surface area (Å²) in [6.07, 6.45) is 6.96. The van der Waals surface area contributed by atoms with Crippen LogP contribution >= 0.6 is 0 Å². The summed E-state index contributed by atoms with van der Waals surface area (Å²) in [6, 6.07) is 56.7. The van der Waals surface area contributed by atoms with Crippen molar-refractivity contribution in [2.45, 2.75) is 12.8 Å². The molecule has 0 aliphatic heterocycles. The molecule has 0 spiro atoms. The topological polar surface area (TPSA) is 8.17 Å². The van der Waals surface area contributed by atoms with Gasteiger partial charge in [0.05, 0.1) is 5.52 Å². The molecule has 0 saturated carbocycles. The van der Waals surface area contributed by atoms with Crippen LogP contribution in [0.25, 0.3) is 51.0 Å². The highest BCUT2D eigenvalue weighted by atomic mass is 15.1. The molecular formula is C42H32N2. The first-order valence-corrected chi connectivity index (χ1v) is 15.3. The minimum Gasteiger partial charge on any atom is -0.310 e. The molecule has 7 aromatic rings. The van der Waals surface area contributed by atoms with E-state index in [0.29, 0.717) is 0 Å². The Morgan fingerprint density at radius 3 is 1.68 bits per heavy atom. The average Bonchev–Trinajstić information content (AvgIpc) is 3.44. The van der Waals surface area contributed by atoms with E-state index in [1.165, 1.54) is 49.4 Å². The minimum absolute atomic E-state index is 1.08. The molecule has 0 saturated heterocycles. The molecule has 1 aliphatic carbocycles.